The van der Waals surface area contributed by atoms with E-state index in [1.165, 1.54) is 37.3 Å². The predicted octanol–water partition coefficient (Wildman–Crippen LogP) is 4.41. The number of anilines is 1. The number of halogens is 4. The highest BCUT2D eigenvalue weighted by atomic mass is 19.4. The monoisotopic (exact) mass is 297 g/mol. The van der Waals surface area contributed by atoms with Crippen molar-refractivity contribution in [3.63, 3.8) is 0 Å². The normalized spacial score (nSPS) is 11.3. The second-order valence-corrected chi connectivity index (χ2v) is 4.46. The zero-order valence-corrected chi connectivity index (χ0v) is 11.0. The highest BCUT2D eigenvalue weighted by Crippen LogP contribution is 2.33. The van der Waals surface area contributed by atoms with E-state index in [0.29, 0.717) is 0 Å². The van der Waals surface area contributed by atoms with Crippen molar-refractivity contribution in [2.24, 2.45) is 0 Å². The van der Waals surface area contributed by atoms with Gasteiger partial charge in [0.1, 0.15) is 5.82 Å². The molecule has 6 heteroatoms. The minimum Gasteiger partial charge on any atom is -0.322 e. The molecule has 0 aliphatic rings. The van der Waals surface area contributed by atoms with E-state index >= 15 is 0 Å². The van der Waals surface area contributed by atoms with Crippen LogP contribution in [0, 0.1) is 12.7 Å². The molecule has 0 unspecified atom stereocenters. The largest absolute Gasteiger partial charge is 0.416 e. The fourth-order valence-electron chi connectivity index (χ4n) is 1.85. The van der Waals surface area contributed by atoms with Crippen molar-refractivity contribution in [1.29, 1.82) is 0 Å². The van der Waals surface area contributed by atoms with Crippen molar-refractivity contribution in [2.75, 3.05) is 5.32 Å². The first-order valence-electron chi connectivity index (χ1n) is 6.03. The molecule has 0 aliphatic carbocycles. The molecule has 110 valence electrons. The number of hydrogen-bond acceptors (Lipinski definition) is 1. The van der Waals surface area contributed by atoms with Crippen LogP contribution in [0.1, 0.15) is 21.5 Å². The number of rotatable bonds is 2. The smallest absolute Gasteiger partial charge is 0.322 e. The van der Waals surface area contributed by atoms with Crippen LogP contribution in [-0.2, 0) is 6.18 Å². The first-order valence-corrected chi connectivity index (χ1v) is 6.03. The maximum absolute atomic E-state index is 13.4. The van der Waals surface area contributed by atoms with Gasteiger partial charge in [0.05, 0.1) is 11.1 Å². The summed E-state index contributed by atoms with van der Waals surface area (Å²) in [5.41, 5.74) is -1.06. The highest BCUT2D eigenvalue weighted by molar-refractivity contribution is 6.04. The van der Waals surface area contributed by atoms with E-state index in [-0.39, 0.29) is 16.8 Å². The van der Waals surface area contributed by atoms with Gasteiger partial charge in [-0.25, -0.2) is 4.39 Å². The lowest BCUT2D eigenvalue weighted by molar-refractivity contribution is -0.138. The summed E-state index contributed by atoms with van der Waals surface area (Å²) in [6.07, 6.45) is -4.51. The van der Waals surface area contributed by atoms with Gasteiger partial charge in [0.25, 0.3) is 5.91 Å². The molecule has 0 atom stereocenters. The lowest BCUT2D eigenvalue weighted by Gasteiger charge is -2.13. The molecule has 0 aliphatic heterocycles. The van der Waals surface area contributed by atoms with Crippen molar-refractivity contribution in [2.45, 2.75) is 13.1 Å². The minimum absolute atomic E-state index is 0.0406. The first-order chi connectivity index (χ1) is 9.79. The van der Waals surface area contributed by atoms with Gasteiger partial charge >= 0.3 is 6.18 Å². The Labute approximate surface area is 118 Å². The number of carbonyl (C=O) groups excluding carboxylic acids is 1. The molecule has 2 aromatic carbocycles. The average Bonchev–Trinajstić information content (AvgIpc) is 2.40. The molecule has 0 radical (unpaired) electrons. The third-order valence-corrected chi connectivity index (χ3v) is 2.92. The summed E-state index contributed by atoms with van der Waals surface area (Å²) >= 11 is 0. The number of nitrogens with one attached hydrogen (secondary N) is 1. The molecular formula is C15H11F4NO. The molecule has 2 nitrogen and oxygen atoms in total. The second kappa shape index (κ2) is 5.55. The summed E-state index contributed by atoms with van der Waals surface area (Å²) in [4.78, 5) is 11.8. The molecule has 0 fully saturated rings. The van der Waals surface area contributed by atoms with Gasteiger partial charge in [0, 0.05) is 5.69 Å². The molecule has 2 rings (SSSR count). The fraction of sp³-hybridized carbons (Fsp3) is 0.133. The molecule has 0 saturated carbocycles. The molecule has 0 heterocycles. The molecule has 2 aromatic rings. The maximum Gasteiger partial charge on any atom is 0.416 e. The lowest BCUT2D eigenvalue weighted by atomic mass is 10.1. The Hall–Kier alpha value is -2.37. The molecule has 1 N–H and O–H groups in total. The molecule has 1 amide bonds. The van der Waals surface area contributed by atoms with Crippen molar-refractivity contribution in [3.8, 4) is 0 Å². The standard InChI is InChI=1S/C15H11F4NO/c1-9-6-7-10(8-12(9)15(17,18)19)20-14(21)11-4-2-3-5-13(11)16/h2-8H,1H3,(H,20,21). The van der Waals surface area contributed by atoms with Crippen molar-refractivity contribution < 1.29 is 22.4 Å². The predicted molar refractivity (Wildman–Crippen MR) is 70.5 cm³/mol. The van der Waals surface area contributed by atoms with Crippen molar-refractivity contribution in [1.82, 2.24) is 0 Å². The maximum atomic E-state index is 13.4. The van der Waals surface area contributed by atoms with Crippen LogP contribution in [0.4, 0.5) is 23.2 Å². The Morgan fingerprint density at radius 2 is 1.76 bits per heavy atom. The van der Waals surface area contributed by atoms with Gasteiger partial charge < -0.3 is 5.32 Å². The van der Waals surface area contributed by atoms with Gasteiger partial charge in [-0.1, -0.05) is 18.2 Å². The van der Waals surface area contributed by atoms with Crippen molar-refractivity contribution in [3.05, 3.63) is 65.0 Å². The third-order valence-electron chi connectivity index (χ3n) is 2.92. The zero-order chi connectivity index (χ0) is 15.6. The first kappa shape index (κ1) is 15.0. The van der Waals surface area contributed by atoms with Gasteiger partial charge in [-0.3, -0.25) is 4.79 Å². The summed E-state index contributed by atoms with van der Waals surface area (Å²) in [7, 11) is 0. The number of alkyl halides is 3. The van der Waals surface area contributed by atoms with Gasteiger partial charge in [-0.2, -0.15) is 13.2 Å². The van der Waals surface area contributed by atoms with Gasteiger partial charge in [0.15, 0.2) is 0 Å². The Kier molecular flexibility index (Phi) is 3.97. The van der Waals surface area contributed by atoms with E-state index in [0.717, 1.165) is 12.1 Å². The molecule has 0 bridgehead atoms. The quantitative estimate of drug-likeness (QED) is 0.818. The molecule has 0 spiro atoms. The van der Waals surface area contributed by atoms with Crippen LogP contribution < -0.4 is 5.32 Å². The number of aryl methyl sites for hydroxylation is 1. The average molecular weight is 297 g/mol. The van der Waals surface area contributed by atoms with Crippen LogP contribution in [0.25, 0.3) is 0 Å². The van der Waals surface area contributed by atoms with Crippen LogP contribution in [0.3, 0.4) is 0 Å². The second-order valence-electron chi connectivity index (χ2n) is 4.46. The molecule has 0 aromatic heterocycles. The van der Waals surface area contributed by atoms with E-state index in [2.05, 4.69) is 5.32 Å². The Morgan fingerprint density at radius 3 is 2.38 bits per heavy atom. The fourth-order valence-corrected chi connectivity index (χ4v) is 1.85. The van der Waals surface area contributed by atoms with E-state index in [1.807, 2.05) is 0 Å². The Bertz CT molecular complexity index is 680. The van der Waals surface area contributed by atoms with E-state index in [4.69, 9.17) is 0 Å². The third kappa shape index (κ3) is 3.39. The van der Waals surface area contributed by atoms with E-state index in [9.17, 15) is 22.4 Å². The number of benzene rings is 2. The molecular weight excluding hydrogens is 286 g/mol. The minimum atomic E-state index is -4.51. The number of amides is 1. The Morgan fingerprint density at radius 1 is 1.10 bits per heavy atom. The lowest BCUT2D eigenvalue weighted by Crippen LogP contribution is -2.15. The SMILES string of the molecule is Cc1ccc(NC(=O)c2ccccc2F)cc1C(F)(F)F. The molecule has 21 heavy (non-hydrogen) atoms. The summed E-state index contributed by atoms with van der Waals surface area (Å²) in [5, 5.41) is 2.26. The summed E-state index contributed by atoms with van der Waals surface area (Å²) in [6.45, 7) is 1.32. The topological polar surface area (TPSA) is 29.1 Å². The van der Waals surface area contributed by atoms with Crippen molar-refractivity contribution >= 4 is 11.6 Å². The van der Waals surface area contributed by atoms with Gasteiger partial charge in [-0.15, -0.1) is 0 Å². The summed E-state index contributed by atoms with van der Waals surface area (Å²) in [6, 6.07) is 8.65. The zero-order valence-electron chi connectivity index (χ0n) is 11.0. The summed E-state index contributed by atoms with van der Waals surface area (Å²) in [5.74, 6) is -1.54. The van der Waals surface area contributed by atoms with Gasteiger partial charge in [-0.05, 0) is 36.8 Å². The van der Waals surface area contributed by atoms with Crippen LogP contribution in [-0.4, -0.2) is 5.91 Å². The van der Waals surface area contributed by atoms with Crippen LogP contribution in [0.2, 0.25) is 0 Å². The highest BCUT2D eigenvalue weighted by Gasteiger charge is 2.32. The van der Waals surface area contributed by atoms with Crippen LogP contribution >= 0.6 is 0 Å². The van der Waals surface area contributed by atoms with E-state index < -0.39 is 23.5 Å². The Balaban J connectivity index is 2.29. The summed E-state index contributed by atoms with van der Waals surface area (Å²) < 4.78 is 51.8. The van der Waals surface area contributed by atoms with E-state index in [1.54, 1.807) is 0 Å². The van der Waals surface area contributed by atoms with Crippen LogP contribution in [0.15, 0.2) is 42.5 Å². The van der Waals surface area contributed by atoms with Crippen LogP contribution in [0.5, 0.6) is 0 Å². The molecule has 0 saturated heterocycles. The number of carbonyl (C=O) groups is 1. The van der Waals surface area contributed by atoms with Gasteiger partial charge in [0.2, 0.25) is 0 Å². The number of hydrogen-bond donors (Lipinski definition) is 1.